The molecule has 191 valence electrons. The van der Waals surface area contributed by atoms with Crippen LogP contribution in [-0.2, 0) is 21.8 Å². The van der Waals surface area contributed by atoms with Crippen LogP contribution in [0.1, 0.15) is 47.2 Å². The van der Waals surface area contributed by atoms with E-state index in [0.29, 0.717) is 0 Å². The van der Waals surface area contributed by atoms with E-state index >= 15 is 0 Å². The summed E-state index contributed by atoms with van der Waals surface area (Å²) in [4.78, 5) is 0. The molecule has 0 aromatic heterocycles. The predicted octanol–water partition coefficient (Wildman–Crippen LogP) is 9.69. The summed E-state index contributed by atoms with van der Waals surface area (Å²) in [6.07, 6.45) is 4.71. The first-order chi connectivity index (χ1) is 18.2. The second-order valence-corrected chi connectivity index (χ2v) is 52.7. The van der Waals surface area contributed by atoms with Crippen LogP contribution in [0.2, 0.25) is 13.1 Å². The Kier molecular flexibility index (Phi) is 6.25. The fourth-order valence-electron chi connectivity index (χ4n) is 8.07. The maximum atomic E-state index is 8.93. The Bertz CT molecular complexity index is 1490. The van der Waals surface area contributed by atoms with E-state index in [9.17, 15) is 0 Å². The molecule has 2 unspecified atom stereocenters. The van der Waals surface area contributed by atoms with Gasteiger partial charge in [0.2, 0.25) is 0 Å². The molecule has 0 N–H and O–H groups in total. The van der Waals surface area contributed by atoms with Gasteiger partial charge < -0.3 is 0 Å². The number of fused-ring (bicyclic) bond motifs is 2. The Morgan fingerprint density at radius 1 is 0.526 bits per heavy atom. The molecule has 38 heavy (non-hydrogen) atoms. The Labute approximate surface area is 235 Å². The van der Waals surface area contributed by atoms with Crippen LogP contribution in [0.15, 0.2) is 120 Å². The summed E-state index contributed by atoms with van der Waals surface area (Å²) in [5.74, 6) is -1.83. The average molecular weight is 632 g/mol. The summed E-state index contributed by atoms with van der Waals surface area (Å²) in [5, 5.41) is 0. The van der Waals surface area contributed by atoms with Gasteiger partial charge >= 0.3 is 238 Å². The molecule has 0 saturated heterocycles. The molecular weight excluding hydrogens is 599 g/mol. The van der Waals surface area contributed by atoms with Crippen molar-refractivity contribution in [3.8, 4) is 0 Å². The van der Waals surface area contributed by atoms with E-state index in [-0.39, 0.29) is 0 Å². The average Bonchev–Trinajstić information content (AvgIpc) is 3.41. The first kappa shape index (κ1) is 26.3. The van der Waals surface area contributed by atoms with Crippen LogP contribution < -0.4 is 0 Å². The number of halogens is 2. The summed E-state index contributed by atoms with van der Waals surface area (Å²) >= 11 is -5.33. The zero-order valence-electron chi connectivity index (χ0n) is 22.4. The number of allylic oxidation sites excluding steroid dienone is 2. The van der Waals surface area contributed by atoms with Crippen LogP contribution in [0.4, 0.5) is 0 Å². The van der Waals surface area contributed by atoms with E-state index in [1.807, 2.05) is 0 Å². The third-order valence-electron chi connectivity index (χ3n) is 9.46. The van der Waals surface area contributed by atoms with Gasteiger partial charge in [0.15, 0.2) is 0 Å². The summed E-state index contributed by atoms with van der Waals surface area (Å²) in [7, 11) is 17.9. The van der Waals surface area contributed by atoms with Crippen LogP contribution >= 0.6 is 17.0 Å². The zero-order chi connectivity index (χ0) is 26.8. The number of benzene rings is 4. The molecular formula is C34H33Cl2SiZr. The second kappa shape index (κ2) is 9.03. The van der Waals surface area contributed by atoms with Gasteiger partial charge in [-0.15, -0.1) is 0 Å². The van der Waals surface area contributed by atoms with Gasteiger partial charge in [-0.2, -0.15) is 0 Å². The third-order valence-corrected chi connectivity index (χ3v) is 65.2. The molecule has 0 bridgehead atoms. The Morgan fingerprint density at radius 2 is 0.868 bits per heavy atom. The van der Waals surface area contributed by atoms with Gasteiger partial charge in [-0.05, 0) is 0 Å². The molecule has 4 aromatic rings. The molecule has 0 saturated carbocycles. The normalized spacial score (nSPS) is 23.3. The molecule has 2 aliphatic rings. The number of hydrogen-bond acceptors (Lipinski definition) is 0. The first-order valence-electron chi connectivity index (χ1n) is 13.5. The molecule has 2 aliphatic carbocycles. The minimum absolute atomic E-state index is 0.578. The Balaban J connectivity index is 1.90. The molecule has 0 spiro atoms. The third kappa shape index (κ3) is 2.96. The van der Waals surface area contributed by atoms with E-state index in [4.69, 9.17) is 17.0 Å². The predicted molar refractivity (Wildman–Crippen MR) is 165 cm³/mol. The van der Waals surface area contributed by atoms with Crippen molar-refractivity contribution < 1.29 is 15.6 Å². The van der Waals surface area contributed by atoms with Gasteiger partial charge in [0, 0.05) is 0 Å². The van der Waals surface area contributed by atoms with E-state index in [2.05, 4.69) is 148 Å². The van der Waals surface area contributed by atoms with Gasteiger partial charge in [0.1, 0.15) is 0 Å². The maximum absolute atomic E-state index is 8.93. The summed E-state index contributed by atoms with van der Waals surface area (Å²) < 4.78 is -1.16. The molecule has 0 aliphatic heterocycles. The van der Waals surface area contributed by atoms with Crippen molar-refractivity contribution in [2.24, 2.45) is 0 Å². The van der Waals surface area contributed by atoms with Gasteiger partial charge in [0.05, 0.1) is 0 Å². The SMILES string of the molecule is CC1=Cc2ccccc2[C]1(c1ccccc1)[Zr]([Cl])([Cl])([SiH](C)C)[C]1(c2ccccc2)C(C)=Cc2ccccc21. The standard InChI is InChI=1S/2C16H13.C2H7Si.2ClH.Zr/c2*1-12-11-14-9-5-6-10-15(14)16(12)13-7-3-2-4-8-13;1-3-2;;;/h2*2-11H,1H3;3H,1-2H3;2*1H;/q;;;;;+2/p-2. The van der Waals surface area contributed by atoms with E-state index in [1.165, 1.54) is 44.5 Å². The van der Waals surface area contributed by atoms with Crippen molar-refractivity contribution in [2.45, 2.75) is 33.2 Å². The molecule has 2 atom stereocenters. The van der Waals surface area contributed by atoms with E-state index in [1.54, 1.807) is 0 Å². The quantitative estimate of drug-likeness (QED) is 0.193. The van der Waals surface area contributed by atoms with Gasteiger partial charge in [-0.1, -0.05) is 0 Å². The van der Waals surface area contributed by atoms with Crippen molar-refractivity contribution in [2.75, 3.05) is 0 Å². The monoisotopic (exact) mass is 629 g/mol. The topological polar surface area (TPSA) is 0 Å². The zero-order valence-corrected chi connectivity index (χ0v) is 27.5. The molecule has 6 rings (SSSR count). The van der Waals surface area contributed by atoms with Crippen LogP contribution in [0.25, 0.3) is 12.2 Å². The summed E-state index contributed by atoms with van der Waals surface area (Å²) in [6, 6.07) is 39.5. The molecule has 0 amide bonds. The van der Waals surface area contributed by atoms with Crippen molar-refractivity contribution in [3.63, 3.8) is 0 Å². The van der Waals surface area contributed by atoms with Crippen molar-refractivity contribution in [1.82, 2.24) is 0 Å². The van der Waals surface area contributed by atoms with Crippen LogP contribution in [0.5, 0.6) is 0 Å². The van der Waals surface area contributed by atoms with Gasteiger partial charge in [-0.25, -0.2) is 0 Å². The molecule has 0 nitrogen and oxygen atoms in total. The molecule has 0 radical (unpaired) electrons. The minimum atomic E-state index is -5.33. The molecule has 4 aromatic carbocycles. The van der Waals surface area contributed by atoms with Crippen molar-refractivity contribution in [1.29, 1.82) is 0 Å². The second-order valence-electron chi connectivity index (χ2n) is 11.3. The number of hydrogen-bond donors (Lipinski definition) is 0. The van der Waals surface area contributed by atoms with Crippen molar-refractivity contribution in [3.05, 3.63) is 154 Å². The van der Waals surface area contributed by atoms with Crippen molar-refractivity contribution >= 4 is 35.1 Å². The summed E-state index contributed by atoms with van der Waals surface area (Å²) in [5.41, 5.74) is 10.0. The molecule has 0 heterocycles. The molecule has 0 fully saturated rings. The van der Waals surface area contributed by atoms with Gasteiger partial charge in [0.25, 0.3) is 0 Å². The Morgan fingerprint density at radius 3 is 1.24 bits per heavy atom. The fraction of sp³-hybridized carbons (Fsp3) is 0.176. The first-order valence-corrected chi connectivity index (χ1v) is 29.4. The van der Waals surface area contributed by atoms with Crippen LogP contribution in [0.3, 0.4) is 0 Å². The van der Waals surface area contributed by atoms with Crippen LogP contribution in [0, 0.1) is 0 Å². The fourth-order valence-corrected chi connectivity index (χ4v) is 49.9. The summed E-state index contributed by atoms with van der Waals surface area (Å²) in [6.45, 7) is 9.40. The number of rotatable bonds is 5. The van der Waals surface area contributed by atoms with E-state index < -0.39 is 27.7 Å². The van der Waals surface area contributed by atoms with E-state index in [0.717, 1.165) is 0 Å². The molecule has 4 heteroatoms. The van der Waals surface area contributed by atoms with Gasteiger partial charge in [-0.3, -0.25) is 0 Å². The van der Waals surface area contributed by atoms with Crippen LogP contribution in [-0.4, -0.2) is 5.92 Å². The Hall–Kier alpha value is -1.96.